The van der Waals surface area contributed by atoms with E-state index in [1.807, 2.05) is 56.4 Å². The number of allylic oxidation sites excluding steroid dienone is 2. The molecule has 6 nitrogen and oxygen atoms in total. The predicted octanol–water partition coefficient (Wildman–Crippen LogP) is 8.07. The number of carbonyl (C=O) groups is 2. The van der Waals surface area contributed by atoms with Gasteiger partial charge in [0, 0.05) is 91.5 Å². The number of hydrogen-bond acceptors (Lipinski definition) is 6. The average molecular weight is 643 g/mol. The number of nitrogens with zero attached hydrogens (tertiary/aromatic N) is 4. The van der Waals surface area contributed by atoms with Gasteiger partial charge in [0.1, 0.15) is 11.6 Å². The summed E-state index contributed by atoms with van der Waals surface area (Å²) in [6, 6.07) is 34.1. The fourth-order valence-corrected chi connectivity index (χ4v) is 5.68. The lowest BCUT2D eigenvalue weighted by atomic mass is 9.87. The maximum atomic E-state index is 13.3. The van der Waals surface area contributed by atoms with Crippen molar-refractivity contribution >= 4 is 45.5 Å². The number of rotatable bonds is 14. The third-order valence-electron chi connectivity index (χ3n) is 8.45. The molecule has 6 heteroatoms. The summed E-state index contributed by atoms with van der Waals surface area (Å²) in [5.41, 5.74) is 10.7. The molecule has 0 atom stereocenters. The van der Waals surface area contributed by atoms with Crippen molar-refractivity contribution in [2.75, 3.05) is 76.0 Å². The Morgan fingerprint density at radius 2 is 0.729 bits per heavy atom. The molecule has 0 spiro atoms. The highest BCUT2D eigenvalue weighted by Gasteiger charge is 2.18. The van der Waals surface area contributed by atoms with Crippen LogP contribution in [0.25, 0.3) is 11.1 Å². The maximum absolute atomic E-state index is 13.3. The molecule has 0 saturated carbocycles. The first-order valence-electron chi connectivity index (χ1n) is 16.4. The fraction of sp³-hybridized carbons (Fsp3) is 0.286. The van der Waals surface area contributed by atoms with E-state index in [4.69, 9.17) is 0 Å². The molecule has 0 bridgehead atoms. The Morgan fingerprint density at radius 1 is 0.479 bits per heavy atom. The first-order valence-corrected chi connectivity index (χ1v) is 16.4. The van der Waals surface area contributed by atoms with Gasteiger partial charge in [-0.05, 0) is 88.9 Å². The van der Waals surface area contributed by atoms with E-state index in [2.05, 4.69) is 129 Å². The largest absolute Gasteiger partial charge is 0.378 e. The second-order valence-electron chi connectivity index (χ2n) is 13.2. The summed E-state index contributed by atoms with van der Waals surface area (Å²) < 4.78 is 0. The number of benzene rings is 4. The van der Waals surface area contributed by atoms with Crippen LogP contribution in [0.1, 0.15) is 42.0 Å². The maximum Gasteiger partial charge on any atom is 0.141 e. The molecule has 0 aliphatic carbocycles. The normalized spacial score (nSPS) is 10.7. The van der Waals surface area contributed by atoms with Crippen LogP contribution in [0, 0.1) is 5.92 Å². The van der Waals surface area contributed by atoms with Crippen molar-refractivity contribution in [1.29, 1.82) is 0 Å². The van der Waals surface area contributed by atoms with Gasteiger partial charge in [0.25, 0.3) is 0 Å². The number of anilines is 4. The number of carbonyl (C=O) groups excluding carboxylic acids is 2. The quantitative estimate of drug-likeness (QED) is 0.130. The van der Waals surface area contributed by atoms with Crippen LogP contribution >= 0.6 is 0 Å². The number of Topliss-reactive ketones (excluding diaryl/α,β-unsaturated/α-hetero) is 2. The number of ketones is 2. The Bertz CT molecular complexity index is 1510. The first-order chi connectivity index (χ1) is 22.8. The average Bonchev–Trinajstić information content (AvgIpc) is 3.05. The van der Waals surface area contributed by atoms with E-state index in [1.54, 1.807) is 0 Å². The molecule has 0 heterocycles. The minimum atomic E-state index is -0.286. The van der Waals surface area contributed by atoms with E-state index in [0.717, 1.165) is 56.1 Å². The summed E-state index contributed by atoms with van der Waals surface area (Å²) in [6.07, 6.45) is 4.54. The fourth-order valence-electron chi connectivity index (χ4n) is 5.68. The lowest BCUT2D eigenvalue weighted by molar-refractivity contribution is -0.126. The van der Waals surface area contributed by atoms with Crippen molar-refractivity contribution in [3.63, 3.8) is 0 Å². The molecule has 48 heavy (non-hydrogen) atoms. The molecule has 0 radical (unpaired) electrons. The third-order valence-corrected chi connectivity index (χ3v) is 8.45. The second kappa shape index (κ2) is 16.1. The number of hydrogen-bond donors (Lipinski definition) is 0. The van der Waals surface area contributed by atoms with Crippen molar-refractivity contribution in [1.82, 2.24) is 0 Å². The van der Waals surface area contributed by atoms with Crippen molar-refractivity contribution in [3.05, 3.63) is 131 Å². The van der Waals surface area contributed by atoms with Crippen LogP contribution in [0.5, 0.6) is 0 Å². The second-order valence-corrected chi connectivity index (χ2v) is 13.2. The van der Waals surface area contributed by atoms with Crippen molar-refractivity contribution in [2.45, 2.75) is 19.8 Å². The monoisotopic (exact) mass is 642 g/mol. The van der Waals surface area contributed by atoms with Crippen molar-refractivity contribution in [2.24, 2.45) is 5.92 Å². The highest BCUT2D eigenvalue weighted by molar-refractivity contribution is 5.98. The van der Waals surface area contributed by atoms with Crippen LogP contribution in [0.2, 0.25) is 0 Å². The van der Waals surface area contributed by atoms with Gasteiger partial charge in [-0.1, -0.05) is 60.7 Å². The molecule has 0 unspecified atom stereocenters. The first kappa shape index (κ1) is 35.7. The highest BCUT2D eigenvalue weighted by Crippen LogP contribution is 2.33. The molecule has 0 aliphatic rings. The molecule has 0 N–H and O–H groups in total. The van der Waals surface area contributed by atoms with Crippen LogP contribution in [0.4, 0.5) is 22.7 Å². The summed E-state index contributed by atoms with van der Waals surface area (Å²) in [4.78, 5) is 33.7. The van der Waals surface area contributed by atoms with Crippen LogP contribution in [-0.4, -0.2) is 67.9 Å². The standard InChI is InChI=1S/C42H50N4O2/c1-30(47)26-40(48)27-31(28-41(32-10-18-36(19-11-32)43(2)3)33-12-20-37(21-13-33)44(4)5)29-42(34-14-22-38(23-15-34)45(6)7)35-16-24-39(25-17-35)46(8)9/h10-25,28-29,31H,26-27H2,1-9H3. The Morgan fingerprint density at radius 3 is 0.938 bits per heavy atom. The Balaban J connectivity index is 1.95. The third kappa shape index (κ3) is 9.47. The Hall–Kier alpha value is -5.10. The molecule has 0 amide bonds. The lowest BCUT2D eigenvalue weighted by Crippen LogP contribution is -2.11. The van der Waals surface area contributed by atoms with E-state index < -0.39 is 0 Å². The van der Waals surface area contributed by atoms with Gasteiger partial charge < -0.3 is 19.6 Å². The van der Waals surface area contributed by atoms with Gasteiger partial charge in [-0.2, -0.15) is 0 Å². The van der Waals surface area contributed by atoms with E-state index >= 15 is 0 Å². The van der Waals surface area contributed by atoms with E-state index in [9.17, 15) is 9.59 Å². The molecule has 0 aromatic heterocycles. The summed E-state index contributed by atoms with van der Waals surface area (Å²) in [5, 5.41) is 0. The molecule has 0 aliphatic heterocycles. The molecule has 0 fully saturated rings. The van der Waals surface area contributed by atoms with Gasteiger partial charge in [0.2, 0.25) is 0 Å². The molecular weight excluding hydrogens is 592 g/mol. The SMILES string of the molecule is CC(=O)CC(=O)CC(C=C(c1ccc(N(C)C)cc1)c1ccc(N(C)C)cc1)C=C(c1ccc(N(C)C)cc1)c1ccc(N(C)C)cc1. The molecule has 250 valence electrons. The van der Waals surface area contributed by atoms with Crippen LogP contribution < -0.4 is 19.6 Å². The minimum absolute atomic E-state index is 0.0736. The predicted molar refractivity (Wildman–Crippen MR) is 206 cm³/mol. The van der Waals surface area contributed by atoms with Gasteiger partial charge in [-0.25, -0.2) is 0 Å². The van der Waals surface area contributed by atoms with Gasteiger partial charge in [-0.15, -0.1) is 0 Å². The highest BCUT2D eigenvalue weighted by atomic mass is 16.1. The van der Waals surface area contributed by atoms with Crippen LogP contribution in [0.3, 0.4) is 0 Å². The summed E-state index contributed by atoms with van der Waals surface area (Å²) >= 11 is 0. The zero-order valence-corrected chi connectivity index (χ0v) is 30.0. The summed E-state index contributed by atoms with van der Waals surface area (Å²) in [5.74, 6) is -0.481. The van der Waals surface area contributed by atoms with Crippen molar-refractivity contribution in [3.8, 4) is 0 Å². The molecular formula is C42H50N4O2. The van der Waals surface area contributed by atoms with Gasteiger partial charge in [0.05, 0.1) is 6.42 Å². The smallest absolute Gasteiger partial charge is 0.141 e. The van der Waals surface area contributed by atoms with E-state index in [1.165, 1.54) is 6.92 Å². The van der Waals surface area contributed by atoms with Gasteiger partial charge in [0.15, 0.2) is 0 Å². The van der Waals surface area contributed by atoms with E-state index in [0.29, 0.717) is 0 Å². The molecule has 4 rings (SSSR count). The zero-order valence-electron chi connectivity index (χ0n) is 30.0. The minimum Gasteiger partial charge on any atom is -0.378 e. The van der Waals surface area contributed by atoms with Crippen LogP contribution in [-0.2, 0) is 9.59 Å². The van der Waals surface area contributed by atoms with Gasteiger partial charge in [-0.3, -0.25) is 9.59 Å². The Labute approximate surface area is 287 Å². The lowest BCUT2D eigenvalue weighted by Gasteiger charge is -2.19. The summed E-state index contributed by atoms with van der Waals surface area (Å²) in [7, 11) is 16.3. The van der Waals surface area contributed by atoms with E-state index in [-0.39, 0.29) is 30.3 Å². The molecule has 4 aromatic carbocycles. The molecule has 0 saturated heterocycles. The topological polar surface area (TPSA) is 47.1 Å². The van der Waals surface area contributed by atoms with Gasteiger partial charge >= 0.3 is 0 Å². The molecule has 4 aromatic rings. The van der Waals surface area contributed by atoms with Crippen molar-refractivity contribution < 1.29 is 9.59 Å². The summed E-state index contributed by atoms with van der Waals surface area (Å²) in [6.45, 7) is 1.48. The van der Waals surface area contributed by atoms with Crippen LogP contribution in [0.15, 0.2) is 109 Å². The zero-order chi connectivity index (χ0) is 35.0. The Kier molecular flexibility index (Phi) is 12.0.